The molecule has 0 radical (unpaired) electrons. The minimum absolute atomic E-state index is 0.780. The van der Waals surface area contributed by atoms with Crippen LogP contribution < -0.4 is 0 Å². The number of benzene rings is 2. The molecule has 2 aromatic rings. The van der Waals surface area contributed by atoms with E-state index < -0.39 is 0 Å². The van der Waals surface area contributed by atoms with Crippen molar-refractivity contribution in [3.05, 3.63) is 65.7 Å². The molecule has 2 aliphatic carbocycles. The monoisotopic (exact) mass is 456 g/mol. The van der Waals surface area contributed by atoms with Gasteiger partial charge in [0.15, 0.2) is 0 Å². The molecule has 2 aliphatic rings. The maximum atomic E-state index is 2.46. The summed E-state index contributed by atoms with van der Waals surface area (Å²) in [6.45, 7) is 4.67. The number of allylic oxidation sites excluding steroid dienone is 2. The summed E-state index contributed by atoms with van der Waals surface area (Å²) in [6, 6.07) is 18.8. The molecule has 1 unspecified atom stereocenters. The highest BCUT2D eigenvalue weighted by Gasteiger charge is 2.22. The summed E-state index contributed by atoms with van der Waals surface area (Å²) in [5.74, 6) is 2.62. The third-order valence-electron chi connectivity index (χ3n) is 8.71. The highest BCUT2D eigenvalue weighted by atomic mass is 14.3. The first-order valence-corrected chi connectivity index (χ1v) is 14.6. The third-order valence-corrected chi connectivity index (χ3v) is 8.71. The largest absolute Gasteiger partial charge is 0.0805 e. The van der Waals surface area contributed by atoms with Gasteiger partial charge in [0.1, 0.15) is 0 Å². The fourth-order valence-electron chi connectivity index (χ4n) is 6.23. The minimum atomic E-state index is 0.780. The second kappa shape index (κ2) is 13.3. The van der Waals surface area contributed by atoms with Crippen LogP contribution in [0.3, 0.4) is 0 Å². The summed E-state index contributed by atoms with van der Waals surface area (Å²) in [5, 5.41) is 0. The molecule has 0 saturated heterocycles. The number of hydrogen-bond donors (Lipinski definition) is 0. The van der Waals surface area contributed by atoms with E-state index in [1.54, 1.807) is 11.1 Å². The molecule has 4 rings (SSSR count). The average molecular weight is 457 g/mol. The maximum absolute atomic E-state index is 2.46. The maximum Gasteiger partial charge on any atom is -0.0162 e. The Balaban J connectivity index is 1.21. The van der Waals surface area contributed by atoms with Crippen LogP contribution in [0.2, 0.25) is 0 Å². The molecule has 0 aromatic heterocycles. The topological polar surface area (TPSA) is 0 Å². The summed E-state index contributed by atoms with van der Waals surface area (Å²) >= 11 is 0. The van der Waals surface area contributed by atoms with Crippen molar-refractivity contribution in [1.82, 2.24) is 0 Å². The lowest BCUT2D eigenvalue weighted by molar-refractivity contribution is 0.302. The van der Waals surface area contributed by atoms with Crippen molar-refractivity contribution >= 4 is 5.57 Å². The van der Waals surface area contributed by atoms with Gasteiger partial charge in [-0.25, -0.2) is 0 Å². The predicted octanol–water partition coefficient (Wildman–Crippen LogP) is 11.0. The van der Waals surface area contributed by atoms with Crippen LogP contribution in [0.4, 0.5) is 0 Å². The molecule has 1 atom stereocenters. The van der Waals surface area contributed by atoms with Crippen LogP contribution >= 0.6 is 0 Å². The quantitative estimate of drug-likeness (QED) is 0.295. The third kappa shape index (κ3) is 7.34. The van der Waals surface area contributed by atoms with E-state index >= 15 is 0 Å². The van der Waals surface area contributed by atoms with Gasteiger partial charge in [-0.3, -0.25) is 0 Å². The Morgan fingerprint density at radius 1 is 0.647 bits per heavy atom. The lowest BCUT2D eigenvalue weighted by Crippen LogP contribution is -2.13. The first-order valence-electron chi connectivity index (χ1n) is 14.6. The molecule has 0 amide bonds. The van der Waals surface area contributed by atoms with Gasteiger partial charge >= 0.3 is 0 Å². The van der Waals surface area contributed by atoms with Gasteiger partial charge in [-0.1, -0.05) is 120 Å². The highest BCUT2D eigenvalue weighted by molar-refractivity contribution is 5.71. The molecule has 184 valence electrons. The Kier molecular flexibility index (Phi) is 9.90. The minimum Gasteiger partial charge on any atom is -0.0805 e. The standard InChI is InChI=1S/C34H48/c1-3-4-5-6-7-8-9-10-28-13-17-30(18-14-28)32-21-25-34(26-22-32)33-23-19-31(20-24-33)29-15-11-27(2)12-16-29/h15,19-28,30H,3-14,16-18H2,1-2H3/t27?,28-,30-. The van der Waals surface area contributed by atoms with E-state index in [-0.39, 0.29) is 0 Å². The molecule has 1 fully saturated rings. The van der Waals surface area contributed by atoms with E-state index in [1.807, 2.05) is 0 Å². The Morgan fingerprint density at radius 2 is 1.24 bits per heavy atom. The normalized spacial score (nSPS) is 23.0. The summed E-state index contributed by atoms with van der Waals surface area (Å²) < 4.78 is 0. The summed E-state index contributed by atoms with van der Waals surface area (Å²) in [4.78, 5) is 0. The molecule has 0 bridgehead atoms. The predicted molar refractivity (Wildman–Crippen MR) is 150 cm³/mol. The smallest absolute Gasteiger partial charge is 0.0162 e. The van der Waals surface area contributed by atoms with Gasteiger partial charge < -0.3 is 0 Å². The van der Waals surface area contributed by atoms with Crippen LogP contribution in [0.25, 0.3) is 16.7 Å². The SMILES string of the molecule is CCCCCCCCC[C@H]1CC[C@H](c2ccc(-c3ccc(C4=CCC(C)CC4)cc3)cc2)CC1. The molecular formula is C34H48. The van der Waals surface area contributed by atoms with Gasteiger partial charge in [0, 0.05) is 0 Å². The molecule has 0 N–H and O–H groups in total. The van der Waals surface area contributed by atoms with Gasteiger partial charge in [0.2, 0.25) is 0 Å². The fraction of sp³-hybridized carbons (Fsp3) is 0.588. The lowest BCUT2D eigenvalue weighted by atomic mass is 9.77. The van der Waals surface area contributed by atoms with Crippen molar-refractivity contribution in [2.45, 2.75) is 116 Å². The lowest BCUT2D eigenvalue weighted by Gasteiger charge is -2.29. The van der Waals surface area contributed by atoms with Crippen molar-refractivity contribution < 1.29 is 0 Å². The van der Waals surface area contributed by atoms with Crippen LogP contribution in [0, 0.1) is 11.8 Å². The molecule has 34 heavy (non-hydrogen) atoms. The van der Waals surface area contributed by atoms with Crippen molar-refractivity contribution in [1.29, 1.82) is 0 Å². The summed E-state index contributed by atoms with van der Waals surface area (Å²) in [5.41, 5.74) is 7.23. The summed E-state index contributed by atoms with van der Waals surface area (Å²) in [7, 11) is 0. The first kappa shape index (κ1) is 25.3. The van der Waals surface area contributed by atoms with Crippen molar-refractivity contribution in [3.8, 4) is 11.1 Å². The van der Waals surface area contributed by atoms with Crippen molar-refractivity contribution in [2.75, 3.05) is 0 Å². The molecule has 0 heteroatoms. The Hall–Kier alpha value is -1.82. The first-order chi connectivity index (χ1) is 16.7. The Labute approximate surface area is 210 Å². The number of unbranched alkanes of at least 4 members (excludes halogenated alkanes) is 6. The summed E-state index contributed by atoms with van der Waals surface area (Å²) in [6.07, 6.45) is 23.5. The highest BCUT2D eigenvalue weighted by Crippen LogP contribution is 2.38. The van der Waals surface area contributed by atoms with Gasteiger partial charge in [-0.05, 0) is 90.5 Å². The van der Waals surface area contributed by atoms with E-state index in [9.17, 15) is 0 Å². The van der Waals surface area contributed by atoms with E-state index in [4.69, 9.17) is 0 Å². The number of rotatable bonds is 11. The van der Waals surface area contributed by atoms with Crippen molar-refractivity contribution in [3.63, 3.8) is 0 Å². The van der Waals surface area contributed by atoms with E-state index in [0.717, 1.165) is 17.8 Å². The van der Waals surface area contributed by atoms with Gasteiger partial charge in [0.05, 0.1) is 0 Å². The van der Waals surface area contributed by atoms with Gasteiger partial charge in [0.25, 0.3) is 0 Å². The van der Waals surface area contributed by atoms with Crippen LogP contribution in [-0.4, -0.2) is 0 Å². The number of hydrogen-bond acceptors (Lipinski definition) is 0. The second-order valence-corrected chi connectivity index (χ2v) is 11.4. The zero-order chi connectivity index (χ0) is 23.6. The van der Waals surface area contributed by atoms with Crippen LogP contribution in [0.15, 0.2) is 54.6 Å². The zero-order valence-corrected chi connectivity index (χ0v) is 22.0. The van der Waals surface area contributed by atoms with Crippen LogP contribution in [0.5, 0.6) is 0 Å². The molecule has 0 spiro atoms. The molecule has 1 saturated carbocycles. The van der Waals surface area contributed by atoms with Crippen LogP contribution in [-0.2, 0) is 0 Å². The van der Waals surface area contributed by atoms with E-state index in [0.29, 0.717) is 0 Å². The zero-order valence-electron chi connectivity index (χ0n) is 22.0. The van der Waals surface area contributed by atoms with Gasteiger partial charge in [-0.2, -0.15) is 0 Å². The Morgan fingerprint density at radius 3 is 1.85 bits per heavy atom. The molecule has 0 nitrogen and oxygen atoms in total. The van der Waals surface area contributed by atoms with E-state index in [1.165, 1.54) is 113 Å². The molecular weight excluding hydrogens is 408 g/mol. The molecule has 0 heterocycles. The van der Waals surface area contributed by atoms with Crippen molar-refractivity contribution in [2.24, 2.45) is 11.8 Å². The van der Waals surface area contributed by atoms with Crippen LogP contribution in [0.1, 0.15) is 127 Å². The second-order valence-electron chi connectivity index (χ2n) is 11.4. The Bertz CT molecular complexity index is 861. The van der Waals surface area contributed by atoms with E-state index in [2.05, 4.69) is 68.5 Å². The average Bonchev–Trinajstić information content (AvgIpc) is 2.89. The molecule has 2 aromatic carbocycles. The molecule has 0 aliphatic heterocycles. The van der Waals surface area contributed by atoms with Gasteiger partial charge in [-0.15, -0.1) is 0 Å². The fourth-order valence-corrected chi connectivity index (χ4v) is 6.23.